The number of ether oxygens (including phenoxy) is 1. The molecule has 0 heterocycles. The Morgan fingerprint density at radius 2 is 2.26 bits per heavy atom. The van der Waals surface area contributed by atoms with Gasteiger partial charge in [-0.25, -0.2) is 4.39 Å². The van der Waals surface area contributed by atoms with Gasteiger partial charge in [-0.1, -0.05) is 0 Å². The van der Waals surface area contributed by atoms with Gasteiger partial charge in [-0.3, -0.25) is 0 Å². The average Bonchev–Trinajstić information content (AvgIpc) is 3.19. The van der Waals surface area contributed by atoms with Crippen LogP contribution in [0.1, 0.15) is 24.8 Å². The van der Waals surface area contributed by atoms with Crippen LogP contribution in [0.2, 0.25) is 0 Å². The normalized spacial score (nSPS) is 15.9. The van der Waals surface area contributed by atoms with E-state index in [1.54, 1.807) is 19.2 Å². The highest BCUT2D eigenvalue weighted by atomic mass is 79.9. The van der Waals surface area contributed by atoms with Crippen LogP contribution in [0, 0.1) is 22.6 Å². The molecular formula is C14H16BrFN2O. The molecule has 102 valence electrons. The Hall–Kier alpha value is -1.12. The van der Waals surface area contributed by atoms with Gasteiger partial charge >= 0.3 is 0 Å². The molecule has 19 heavy (non-hydrogen) atoms. The summed E-state index contributed by atoms with van der Waals surface area (Å²) in [5.74, 6) is -0.401. The summed E-state index contributed by atoms with van der Waals surface area (Å²) in [7, 11) is 1.70. The third kappa shape index (κ3) is 3.26. The van der Waals surface area contributed by atoms with Gasteiger partial charge < -0.3 is 10.1 Å². The average molecular weight is 327 g/mol. The number of nitrogens with zero attached hydrogens (tertiary/aromatic N) is 1. The third-order valence-electron chi connectivity index (χ3n) is 3.65. The van der Waals surface area contributed by atoms with E-state index >= 15 is 0 Å². The van der Waals surface area contributed by atoms with Crippen LogP contribution in [0.4, 0.5) is 10.1 Å². The third-order valence-corrected chi connectivity index (χ3v) is 4.43. The number of anilines is 1. The van der Waals surface area contributed by atoms with E-state index < -0.39 is 5.82 Å². The molecular weight excluding hydrogens is 311 g/mol. The SMILES string of the molecule is COCCC1(CNc2ccc(C#N)c(Br)c2F)CC1. The zero-order chi connectivity index (χ0) is 13.9. The molecule has 1 aromatic carbocycles. The van der Waals surface area contributed by atoms with Crippen LogP contribution in [0.3, 0.4) is 0 Å². The summed E-state index contributed by atoms with van der Waals surface area (Å²) in [4.78, 5) is 0. The minimum atomic E-state index is -0.401. The first-order valence-electron chi connectivity index (χ1n) is 6.23. The number of rotatable bonds is 6. The number of hydrogen-bond acceptors (Lipinski definition) is 3. The van der Waals surface area contributed by atoms with Crippen LogP contribution < -0.4 is 5.32 Å². The van der Waals surface area contributed by atoms with Crippen molar-refractivity contribution in [1.82, 2.24) is 0 Å². The van der Waals surface area contributed by atoms with E-state index in [0.29, 0.717) is 11.3 Å². The summed E-state index contributed by atoms with van der Waals surface area (Å²) in [6.07, 6.45) is 3.31. The van der Waals surface area contributed by atoms with E-state index in [1.165, 1.54) is 0 Å². The molecule has 1 aliphatic carbocycles. The molecule has 3 nitrogen and oxygen atoms in total. The van der Waals surface area contributed by atoms with E-state index in [2.05, 4.69) is 21.2 Å². The van der Waals surface area contributed by atoms with Crippen LogP contribution in [0.25, 0.3) is 0 Å². The lowest BCUT2D eigenvalue weighted by molar-refractivity contribution is 0.175. The van der Waals surface area contributed by atoms with Gasteiger partial charge in [0.05, 0.1) is 15.7 Å². The Morgan fingerprint density at radius 3 is 2.84 bits per heavy atom. The van der Waals surface area contributed by atoms with Crippen LogP contribution in [0.5, 0.6) is 0 Å². The Morgan fingerprint density at radius 1 is 1.53 bits per heavy atom. The molecule has 1 fully saturated rings. The highest BCUT2D eigenvalue weighted by molar-refractivity contribution is 9.10. The van der Waals surface area contributed by atoms with E-state index in [0.717, 1.165) is 32.4 Å². The van der Waals surface area contributed by atoms with Crippen LogP contribution in [-0.4, -0.2) is 20.3 Å². The summed E-state index contributed by atoms with van der Waals surface area (Å²) < 4.78 is 19.3. The highest BCUT2D eigenvalue weighted by Crippen LogP contribution is 2.48. The van der Waals surface area contributed by atoms with Crippen LogP contribution >= 0.6 is 15.9 Å². The lowest BCUT2D eigenvalue weighted by atomic mass is 10.0. The van der Waals surface area contributed by atoms with Gasteiger partial charge in [0.1, 0.15) is 6.07 Å². The molecule has 0 bridgehead atoms. The fraction of sp³-hybridized carbons (Fsp3) is 0.500. The van der Waals surface area contributed by atoms with Crippen molar-refractivity contribution < 1.29 is 9.13 Å². The number of methoxy groups -OCH3 is 1. The molecule has 0 amide bonds. The van der Waals surface area contributed by atoms with Crippen LogP contribution in [0.15, 0.2) is 16.6 Å². The lowest BCUT2D eigenvalue weighted by Crippen LogP contribution is -2.18. The molecule has 0 radical (unpaired) electrons. The summed E-state index contributed by atoms with van der Waals surface area (Å²) in [5.41, 5.74) is 1.00. The van der Waals surface area contributed by atoms with Gasteiger partial charge in [0, 0.05) is 20.3 Å². The van der Waals surface area contributed by atoms with Gasteiger partial charge in [-0.2, -0.15) is 5.26 Å². The van der Waals surface area contributed by atoms with Crippen molar-refractivity contribution in [1.29, 1.82) is 5.26 Å². The van der Waals surface area contributed by atoms with E-state index in [1.807, 2.05) is 6.07 Å². The minimum Gasteiger partial charge on any atom is -0.385 e. The summed E-state index contributed by atoms with van der Waals surface area (Å²) in [6, 6.07) is 5.18. The van der Waals surface area contributed by atoms with Crippen molar-refractivity contribution in [3.63, 3.8) is 0 Å². The van der Waals surface area contributed by atoms with Gasteiger partial charge in [-0.05, 0) is 52.7 Å². The first-order valence-corrected chi connectivity index (χ1v) is 7.02. The molecule has 0 saturated heterocycles. The molecule has 0 aromatic heterocycles. The van der Waals surface area contributed by atoms with Gasteiger partial charge in [0.2, 0.25) is 0 Å². The molecule has 5 heteroatoms. The smallest absolute Gasteiger partial charge is 0.161 e. The maximum Gasteiger partial charge on any atom is 0.161 e. The van der Waals surface area contributed by atoms with Crippen molar-refractivity contribution in [3.05, 3.63) is 28.0 Å². The Balaban J connectivity index is 2.01. The highest BCUT2D eigenvalue weighted by Gasteiger charge is 2.41. The van der Waals surface area contributed by atoms with Crippen molar-refractivity contribution >= 4 is 21.6 Å². The number of nitrogens with one attached hydrogen (secondary N) is 1. The van der Waals surface area contributed by atoms with Crippen molar-refractivity contribution in [3.8, 4) is 6.07 Å². The summed E-state index contributed by atoms with van der Waals surface area (Å²) in [5, 5.41) is 12.0. The predicted octanol–water partition coefficient (Wildman–Crippen LogP) is 3.69. The summed E-state index contributed by atoms with van der Waals surface area (Å²) in [6.45, 7) is 1.48. The second kappa shape index (κ2) is 5.89. The quantitative estimate of drug-likeness (QED) is 0.867. The first kappa shape index (κ1) is 14.3. The van der Waals surface area contributed by atoms with Crippen molar-refractivity contribution in [2.75, 3.05) is 25.6 Å². The zero-order valence-electron chi connectivity index (χ0n) is 10.8. The van der Waals surface area contributed by atoms with E-state index in [-0.39, 0.29) is 9.89 Å². The van der Waals surface area contributed by atoms with Crippen molar-refractivity contribution in [2.24, 2.45) is 5.41 Å². The minimum absolute atomic E-state index is 0.224. The number of nitriles is 1. The molecule has 0 unspecified atom stereocenters. The predicted molar refractivity (Wildman–Crippen MR) is 75.5 cm³/mol. The zero-order valence-corrected chi connectivity index (χ0v) is 12.4. The maximum absolute atomic E-state index is 14.0. The second-order valence-corrected chi connectivity index (χ2v) is 5.79. The molecule has 0 atom stereocenters. The maximum atomic E-state index is 14.0. The molecule has 1 aromatic rings. The standard InChI is InChI=1S/C14H16BrFN2O/c1-19-7-6-14(4-5-14)9-18-11-3-2-10(8-17)12(15)13(11)16/h2-3,18H,4-7,9H2,1H3. The number of hydrogen-bond donors (Lipinski definition) is 1. The Kier molecular flexibility index (Phi) is 4.43. The molecule has 1 saturated carbocycles. The Labute approximate surface area is 120 Å². The number of benzene rings is 1. The first-order chi connectivity index (χ1) is 9.12. The number of halogens is 2. The monoisotopic (exact) mass is 326 g/mol. The largest absolute Gasteiger partial charge is 0.385 e. The molecule has 1 N–H and O–H groups in total. The molecule has 0 spiro atoms. The van der Waals surface area contributed by atoms with E-state index in [4.69, 9.17) is 10.00 Å². The fourth-order valence-corrected chi connectivity index (χ4v) is 2.50. The van der Waals surface area contributed by atoms with Gasteiger partial charge in [0.15, 0.2) is 5.82 Å². The van der Waals surface area contributed by atoms with E-state index in [9.17, 15) is 4.39 Å². The van der Waals surface area contributed by atoms with Crippen molar-refractivity contribution in [2.45, 2.75) is 19.3 Å². The molecule has 2 rings (SSSR count). The molecule has 0 aliphatic heterocycles. The van der Waals surface area contributed by atoms with Gasteiger partial charge in [0.25, 0.3) is 0 Å². The Bertz CT molecular complexity index is 509. The second-order valence-electron chi connectivity index (χ2n) is 5.00. The van der Waals surface area contributed by atoms with Gasteiger partial charge in [-0.15, -0.1) is 0 Å². The topological polar surface area (TPSA) is 45.0 Å². The van der Waals surface area contributed by atoms with Crippen LogP contribution in [-0.2, 0) is 4.74 Å². The fourth-order valence-electron chi connectivity index (χ4n) is 2.07. The molecule has 1 aliphatic rings. The lowest BCUT2D eigenvalue weighted by Gasteiger charge is -2.17. The summed E-state index contributed by atoms with van der Waals surface area (Å²) >= 11 is 3.11.